The first kappa shape index (κ1) is 20.7. The van der Waals surface area contributed by atoms with Gasteiger partial charge in [-0.1, -0.05) is 24.3 Å². The zero-order valence-corrected chi connectivity index (χ0v) is 18.0. The van der Waals surface area contributed by atoms with Gasteiger partial charge in [-0.2, -0.15) is 0 Å². The molecule has 0 saturated carbocycles. The molecule has 31 heavy (non-hydrogen) atoms. The molecular formula is C25H25FN2O3. The summed E-state index contributed by atoms with van der Waals surface area (Å²) in [5.41, 5.74) is 4.17. The topological polar surface area (TPSA) is 61.8 Å². The highest BCUT2D eigenvalue weighted by Crippen LogP contribution is 2.42. The van der Waals surface area contributed by atoms with Gasteiger partial charge in [0.05, 0.1) is 11.4 Å². The van der Waals surface area contributed by atoms with Crippen molar-refractivity contribution >= 4 is 17.3 Å². The third-order valence-corrected chi connectivity index (χ3v) is 5.61. The van der Waals surface area contributed by atoms with Gasteiger partial charge in [-0.25, -0.2) is 4.39 Å². The Hall–Kier alpha value is -3.54. The van der Waals surface area contributed by atoms with Crippen LogP contribution in [0.2, 0.25) is 0 Å². The van der Waals surface area contributed by atoms with Crippen LogP contribution < -0.4 is 15.0 Å². The van der Waals surface area contributed by atoms with E-state index in [-0.39, 0.29) is 24.1 Å². The van der Waals surface area contributed by atoms with E-state index in [4.69, 9.17) is 4.74 Å². The number of carbonyl (C=O) groups is 1. The van der Waals surface area contributed by atoms with E-state index in [1.165, 1.54) is 12.1 Å². The van der Waals surface area contributed by atoms with Gasteiger partial charge in [0.15, 0.2) is 0 Å². The molecule has 3 aromatic rings. The van der Waals surface area contributed by atoms with Crippen LogP contribution in [-0.2, 0) is 11.4 Å². The molecule has 0 radical (unpaired) electrons. The van der Waals surface area contributed by atoms with Crippen molar-refractivity contribution in [3.8, 4) is 22.6 Å². The molecule has 0 atom stereocenters. The van der Waals surface area contributed by atoms with Gasteiger partial charge >= 0.3 is 0 Å². The molecule has 0 aromatic heterocycles. The molecule has 1 amide bonds. The number of anilines is 2. The number of aryl methyl sites for hydroxylation is 1. The maximum Gasteiger partial charge on any atom is 0.251 e. The van der Waals surface area contributed by atoms with Crippen molar-refractivity contribution in [1.29, 1.82) is 0 Å². The van der Waals surface area contributed by atoms with Crippen molar-refractivity contribution in [3.05, 3.63) is 71.5 Å². The average molecular weight is 420 g/mol. The Bertz CT molecular complexity index is 1160. The molecule has 3 aromatic carbocycles. The van der Waals surface area contributed by atoms with Crippen molar-refractivity contribution in [3.63, 3.8) is 0 Å². The third kappa shape index (κ3) is 3.81. The summed E-state index contributed by atoms with van der Waals surface area (Å²) in [4.78, 5) is 14.6. The molecule has 0 unspecified atom stereocenters. The zero-order chi connectivity index (χ0) is 22.3. The normalized spacial score (nSPS) is 14.7. The van der Waals surface area contributed by atoms with E-state index >= 15 is 0 Å². The number of carbonyl (C=O) groups excluding carboxylic acids is 1. The second kappa shape index (κ2) is 7.61. The number of hydrogen-bond donors (Lipinski definition) is 2. The van der Waals surface area contributed by atoms with Gasteiger partial charge in [0.1, 0.15) is 29.5 Å². The van der Waals surface area contributed by atoms with Crippen LogP contribution in [0.4, 0.5) is 15.8 Å². The second-order valence-corrected chi connectivity index (χ2v) is 8.35. The lowest BCUT2D eigenvalue weighted by Gasteiger charge is -2.39. The predicted molar refractivity (Wildman–Crippen MR) is 120 cm³/mol. The van der Waals surface area contributed by atoms with Crippen molar-refractivity contribution in [2.75, 3.05) is 17.3 Å². The fourth-order valence-corrected chi connectivity index (χ4v) is 3.97. The predicted octanol–water partition coefficient (Wildman–Crippen LogP) is 5.25. The molecular weight excluding hydrogens is 395 g/mol. The van der Waals surface area contributed by atoms with Crippen LogP contribution in [-0.4, -0.2) is 23.6 Å². The van der Waals surface area contributed by atoms with Gasteiger partial charge in [-0.3, -0.25) is 4.79 Å². The van der Waals surface area contributed by atoms with Crippen molar-refractivity contribution in [2.24, 2.45) is 0 Å². The molecule has 1 aliphatic rings. The minimum Gasteiger partial charge on any atom is -0.508 e. The minimum atomic E-state index is -0.737. The lowest BCUT2D eigenvalue weighted by molar-refractivity contribution is -0.121. The van der Waals surface area contributed by atoms with E-state index in [9.17, 15) is 14.3 Å². The summed E-state index contributed by atoms with van der Waals surface area (Å²) in [7, 11) is 1.75. The van der Waals surface area contributed by atoms with Gasteiger partial charge < -0.3 is 20.1 Å². The summed E-state index contributed by atoms with van der Waals surface area (Å²) >= 11 is 0. The van der Waals surface area contributed by atoms with Crippen LogP contribution in [0.25, 0.3) is 11.1 Å². The van der Waals surface area contributed by atoms with Crippen molar-refractivity contribution in [2.45, 2.75) is 32.9 Å². The van der Waals surface area contributed by atoms with Gasteiger partial charge in [-0.05, 0) is 61.7 Å². The molecule has 5 nitrogen and oxygen atoms in total. The van der Waals surface area contributed by atoms with Gasteiger partial charge in [0.25, 0.3) is 5.91 Å². The summed E-state index contributed by atoms with van der Waals surface area (Å²) in [6.07, 6.45) is 0. The van der Waals surface area contributed by atoms with Crippen LogP contribution in [0.1, 0.15) is 25.0 Å². The number of rotatable bonds is 4. The number of nitrogens with zero attached hydrogens (tertiary/aromatic N) is 1. The molecule has 1 heterocycles. The fourth-order valence-electron chi connectivity index (χ4n) is 3.97. The number of fused-ring (bicyclic) bond motifs is 1. The zero-order valence-electron chi connectivity index (χ0n) is 18.0. The molecule has 0 bridgehead atoms. The summed E-state index contributed by atoms with van der Waals surface area (Å²) in [6.45, 7) is 5.68. The van der Waals surface area contributed by atoms with E-state index in [0.29, 0.717) is 5.75 Å². The number of halogens is 1. The van der Waals surface area contributed by atoms with Crippen LogP contribution in [0.3, 0.4) is 0 Å². The standard InChI is InChI=1S/C25H25FN2O3/c1-15-5-8-17(26)13-22(15)31-14-20-19(16-6-9-18(29)10-7-16)11-12-21-23(20)28(4)24(30)25(2,3)27-21/h5-13,27,29H,14H2,1-4H3. The number of amides is 1. The van der Waals surface area contributed by atoms with Gasteiger partial charge in [-0.15, -0.1) is 0 Å². The van der Waals surface area contributed by atoms with Crippen LogP contribution in [0.5, 0.6) is 11.5 Å². The highest BCUT2D eigenvalue weighted by Gasteiger charge is 2.38. The minimum absolute atomic E-state index is 0.0638. The van der Waals surface area contributed by atoms with E-state index in [0.717, 1.165) is 33.6 Å². The number of benzene rings is 3. The van der Waals surface area contributed by atoms with Crippen LogP contribution in [0, 0.1) is 12.7 Å². The van der Waals surface area contributed by atoms with E-state index < -0.39 is 5.54 Å². The van der Waals surface area contributed by atoms with E-state index in [1.807, 2.05) is 45.0 Å². The Labute approximate surface area is 181 Å². The molecule has 6 heteroatoms. The third-order valence-electron chi connectivity index (χ3n) is 5.61. The first-order chi connectivity index (χ1) is 14.7. The molecule has 0 spiro atoms. The average Bonchev–Trinajstić information content (AvgIpc) is 2.73. The largest absolute Gasteiger partial charge is 0.508 e. The lowest BCUT2D eigenvalue weighted by atomic mass is 9.92. The van der Waals surface area contributed by atoms with Crippen molar-refractivity contribution < 1.29 is 19.0 Å². The number of phenols is 1. The second-order valence-electron chi connectivity index (χ2n) is 8.35. The Balaban J connectivity index is 1.84. The first-order valence-electron chi connectivity index (χ1n) is 10.1. The summed E-state index contributed by atoms with van der Waals surface area (Å²) in [5, 5.41) is 13.0. The summed E-state index contributed by atoms with van der Waals surface area (Å²) < 4.78 is 19.8. The molecule has 2 N–H and O–H groups in total. The number of aromatic hydroxyl groups is 1. The highest BCUT2D eigenvalue weighted by atomic mass is 19.1. The Morgan fingerprint density at radius 1 is 1.10 bits per heavy atom. The molecule has 0 saturated heterocycles. The molecule has 160 valence electrons. The first-order valence-corrected chi connectivity index (χ1v) is 10.1. The van der Waals surface area contributed by atoms with Crippen molar-refractivity contribution in [1.82, 2.24) is 0 Å². The number of nitrogens with one attached hydrogen (secondary N) is 1. The molecule has 0 fully saturated rings. The summed E-state index contributed by atoms with van der Waals surface area (Å²) in [5.74, 6) is 0.189. The number of phenolic OH excluding ortho intramolecular Hbond substituents is 1. The summed E-state index contributed by atoms with van der Waals surface area (Å²) in [6, 6.07) is 15.2. The molecule has 4 rings (SSSR count). The SMILES string of the molecule is Cc1ccc(F)cc1OCc1c(-c2ccc(O)cc2)ccc2c1N(C)C(=O)C(C)(C)N2. The maximum absolute atomic E-state index is 13.8. The number of hydrogen-bond acceptors (Lipinski definition) is 4. The smallest absolute Gasteiger partial charge is 0.251 e. The van der Waals surface area contributed by atoms with Crippen LogP contribution >= 0.6 is 0 Å². The maximum atomic E-state index is 13.8. The van der Waals surface area contributed by atoms with E-state index in [2.05, 4.69) is 5.32 Å². The Morgan fingerprint density at radius 2 is 1.81 bits per heavy atom. The van der Waals surface area contributed by atoms with Gasteiger partial charge in [0, 0.05) is 18.7 Å². The van der Waals surface area contributed by atoms with Crippen LogP contribution in [0.15, 0.2) is 54.6 Å². The number of ether oxygens (including phenoxy) is 1. The highest BCUT2D eigenvalue weighted by molar-refractivity contribution is 6.08. The molecule has 1 aliphatic heterocycles. The monoisotopic (exact) mass is 420 g/mol. The molecule has 0 aliphatic carbocycles. The van der Waals surface area contributed by atoms with E-state index in [1.54, 1.807) is 30.1 Å². The quantitative estimate of drug-likeness (QED) is 0.605. The fraction of sp³-hybridized carbons (Fsp3) is 0.240. The Kier molecular flexibility index (Phi) is 5.09. The lowest BCUT2D eigenvalue weighted by Crippen LogP contribution is -2.52. The van der Waals surface area contributed by atoms with Gasteiger partial charge in [0.2, 0.25) is 0 Å². The Morgan fingerprint density at radius 3 is 2.52 bits per heavy atom. The number of likely N-dealkylation sites (N-methyl/N-ethyl adjacent to an activating group) is 1.